The molecule has 2 aliphatic heterocycles. The van der Waals surface area contributed by atoms with Gasteiger partial charge in [-0.05, 0) is 18.3 Å². The number of ether oxygens (including phenoxy) is 3. The number of epoxide rings is 2. The van der Waals surface area contributed by atoms with E-state index in [1.807, 2.05) is 0 Å². The van der Waals surface area contributed by atoms with Crippen molar-refractivity contribution in [2.24, 2.45) is 11.8 Å². The van der Waals surface area contributed by atoms with E-state index in [0.717, 1.165) is 32.3 Å². The molecule has 2 atom stereocenters. The monoisotopic (exact) mass is 230 g/mol. The van der Waals surface area contributed by atoms with Crippen molar-refractivity contribution in [3.63, 3.8) is 0 Å². The lowest BCUT2D eigenvalue weighted by Gasteiger charge is -2.03. The minimum atomic E-state index is 0.420. The molecular formula is C13H26O3. The van der Waals surface area contributed by atoms with E-state index in [9.17, 15) is 0 Å². The summed E-state index contributed by atoms with van der Waals surface area (Å²) in [6.07, 6.45) is 2.30. The predicted molar refractivity (Wildman–Crippen MR) is 64.6 cm³/mol. The van der Waals surface area contributed by atoms with Gasteiger partial charge in [0, 0.05) is 6.61 Å². The van der Waals surface area contributed by atoms with Crippen molar-refractivity contribution >= 4 is 0 Å². The summed E-state index contributed by atoms with van der Waals surface area (Å²) in [6.45, 7) is 12.3. The average Bonchev–Trinajstić information content (AvgIpc) is 2.97. The van der Waals surface area contributed by atoms with Crippen LogP contribution in [0.4, 0.5) is 0 Å². The molecule has 0 aromatic rings. The molecule has 2 unspecified atom stereocenters. The topological polar surface area (TPSA) is 34.3 Å². The summed E-state index contributed by atoms with van der Waals surface area (Å²) in [7, 11) is 0. The Labute approximate surface area is 99.5 Å². The van der Waals surface area contributed by atoms with E-state index in [1.165, 1.54) is 6.42 Å². The average molecular weight is 230 g/mol. The maximum atomic E-state index is 5.29. The van der Waals surface area contributed by atoms with Crippen molar-refractivity contribution in [3.8, 4) is 0 Å². The second kappa shape index (κ2) is 7.25. The van der Waals surface area contributed by atoms with Gasteiger partial charge in [0.05, 0.1) is 25.9 Å². The van der Waals surface area contributed by atoms with E-state index < -0.39 is 0 Å². The van der Waals surface area contributed by atoms with Crippen LogP contribution in [0.2, 0.25) is 0 Å². The summed E-state index contributed by atoms with van der Waals surface area (Å²) in [4.78, 5) is 0. The van der Waals surface area contributed by atoms with Gasteiger partial charge in [0.25, 0.3) is 0 Å². The van der Waals surface area contributed by atoms with E-state index >= 15 is 0 Å². The van der Waals surface area contributed by atoms with Crippen LogP contribution in [0, 0.1) is 11.8 Å². The normalized spacial score (nSPS) is 26.6. The highest BCUT2D eigenvalue weighted by Gasteiger charge is 2.22. The smallest absolute Gasteiger partial charge is 0.104 e. The van der Waals surface area contributed by atoms with Gasteiger partial charge in [0.1, 0.15) is 6.10 Å². The fourth-order valence-electron chi connectivity index (χ4n) is 1.33. The van der Waals surface area contributed by atoms with Gasteiger partial charge in [-0.2, -0.15) is 0 Å². The number of hydrogen-bond donors (Lipinski definition) is 0. The minimum absolute atomic E-state index is 0.420. The first-order chi connectivity index (χ1) is 7.58. The van der Waals surface area contributed by atoms with Crippen LogP contribution in [-0.2, 0) is 14.2 Å². The van der Waals surface area contributed by atoms with E-state index in [4.69, 9.17) is 14.2 Å². The Morgan fingerprint density at radius 1 is 1.00 bits per heavy atom. The van der Waals surface area contributed by atoms with Gasteiger partial charge in [0.2, 0.25) is 0 Å². The molecular weight excluding hydrogens is 204 g/mol. The number of rotatable bonds is 6. The van der Waals surface area contributed by atoms with Crippen LogP contribution in [0.1, 0.15) is 34.1 Å². The molecule has 0 radical (unpaired) electrons. The van der Waals surface area contributed by atoms with Crippen LogP contribution in [0.25, 0.3) is 0 Å². The number of hydrogen-bond acceptors (Lipinski definition) is 3. The molecule has 0 amide bonds. The fraction of sp³-hybridized carbons (Fsp3) is 1.00. The van der Waals surface area contributed by atoms with Crippen LogP contribution < -0.4 is 0 Å². The Hall–Kier alpha value is -0.120. The van der Waals surface area contributed by atoms with E-state index in [-0.39, 0.29) is 0 Å². The second-order valence-electron chi connectivity index (χ2n) is 5.47. The molecule has 16 heavy (non-hydrogen) atoms. The lowest BCUT2D eigenvalue weighted by atomic mass is 10.1. The van der Waals surface area contributed by atoms with Gasteiger partial charge in [-0.1, -0.05) is 27.7 Å². The predicted octanol–water partition coefficient (Wildman–Crippen LogP) is 2.49. The molecule has 3 nitrogen and oxygen atoms in total. The van der Waals surface area contributed by atoms with Gasteiger partial charge in [-0.15, -0.1) is 0 Å². The summed E-state index contributed by atoms with van der Waals surface area (Å²) in [5.41, 5.74) is 0. The maximum Gasteiger partial charge on any atom is 0.104 e. The van der Waals surface area contributed by atoms with E-state index in [2.05, 4.69) is 27.7 Å². The Kier molecular flexibility index (Phi) is 6.32. The van der Waals surface area contributed by atoms with Crippen LogP contribution in [0.3, 0.4) is 0 Å². The quantitative estimate of drug-likeness (QED) is 0.657. The molecule has 0 saturated carbocycles. The Morgan fingerprint density at radius 2 is 1.56 bits per heavy atom. The molecule has 2 aliphatic rings. The Morgan fingerprint density at radius 3 is 1.88 bits per heavy atom. The van der Waals surface area contributed by atoms with Crippen LogP contribution in [-0.4, -0.2) is 38.6 Å². The van der Waals surface area contributed by atoms with E-state index in [0.29, 0.717) is 18.1 Å². The third-order valence-corrected chi connectivity index (χ3v) is 2.29. The zero-order chi connectivity index (χ0) is 12.0. The van der Waals surface area contributed by atoms with Crippen molar-refractivity contribution < 1.29 is 14.2 Å². The third-order valence-electron chi connectivity index (χ3n) is 2.29. The lowest BCUT2D eigenvalue weighted by Crippen LogP contribution is -2.06. The molecule has 0 N–H and O–H groups in total. The Balaban J connectivity index is 0.000000165. The lowest BCUT2D eigenvalue weighted by molar-refractivity contribution is 0.0952. The van der Waals surface area contributed by atoms with Crippen molar-refractivity contribution in [2.45, 2.75) is 46.3 Å². The van der Waals surface area contributed by atoms with Crippen molar-refractivity contribution in [3.05, 3.63) is 0 Å². The molecule has 96 valence electrons. The minimum Gasteiger partial charge on any atom is -0.378 e. The molecule has 0 bridgehead atoms. The van der Waals surface area contributed by atoms with Crippen LogP contribution >= 0.6 is 0 Å². The SMILES string of the molecule is CC(C)CC1CO1.CC(C)COCC1CO1. The molecule has 2 heterocycles. The van der Waals surface area contributed by atoms with Crippen molar-refractivity contribution in [2.75, 3.05) is 26.4 Å². The summed E-state index contributed by atoms with van der Waals surface area (Å²) in [5, 5.41) is 0. The molecule has 0 aromatic carbocycles. The molecule has 0 spiro atoms. The first-order valence-electron chi connectivity index (χ1n) is 6.38. The summed E-state index contributed by atoms with van der Waals surface area (Å²) in [6, 6.07) is 0. The van der Waals surface area contributed by atoms with Crippen LogP contribution in [0.5, 0.6) is 0 Å². The van der Waals surface area contributed by atoms with Crippen molar-refractivity contribution in [1.82, 2.24) is 0 Å². The highest BCUT2D eigenvalue weighted by molar-refractivity contribution is 4.69. The first-order valence-corrected chi connectivity index (χ1v) is 6.38. The standard InChI is InChI=1S/C7H14O2.C6H12O/c1-6(2)3-8-4-7-5-9-7;1-5(2)3-6-4-7-6/h6-7H,3-5H2,1-2H3;5-6H,3-4H2,1-2H3. The largest absolute Gasteiger partial charge is 0.378 e. The second-order valence-corrected chi connectivity index (χ2v) is 5.47. The Bertz CT molecular complexity index is 170. The summed E-state index contributed by atoms with van der Waals surface area (Å²) >= 11 is 0. The van der Waals surface area contributed by atoms with E-state index in [1.54, 1.807) is 0 Å². The first kappa shape index (κ1) is 13.9. The zero-order valence-electron chi connectivity index (χ0n) is 11.1. The van der Waals surface area contributed by atoms with Crippen LogP contribution in [0.15, 0.2) is 0 Å². The van der Waals surface area contributed by atoms with Crippen molar-refractivity contribution in [1.29, 1.82) is 0 Å². The molecule has 3 heteroatoms. The fourth-order valence-corrected chi connectivity index (χ4v) is 1.33. The van der Waals surface area contributed by atoms with Gasteiger partial charge < -0.3 is 14.2 Å². The zero-order valence-corrected chi connectivity index (χ0v) is 11.1. The highest BCUT2D eigenvalue weighted by atomic mass is 16.6. The summed E-state index contributed by atoms with van der Waals surface area (Å²) in [5.74, 6) is 1.45. The maximum absolute atomic E-state index is 5.29. The van der Waals surface area contributed by atoms with Gasteiger partial charge >= 0.3 is 0 Å². The third kappa shape index (κ3) is 9.13. The van der Waals surface area contributed by atoms with Gasteiger partial charge in [-0.25, -0.2) is 0 Å². The molecule has 0 aliphatic carbocycles. The molecule has 2 saturated heterocycles. The summed E-state index contributed by atoms with van der Waals surface area (Å²) < 4.78 is 15.3. The molecule has 0 aromatic heterocycles. The highest BCUT2D eigenvalue weighted by Crippen LogP contribution is 2.17. The molecule has 2 fully saturated rings. The van der Waals surface area contributed by atoms with Gasteiger partial charge in [0.15, 0.2) is 0 Å². The van der Waals surface area contributed by atoms with Gasteiger partial charge in [-0.3, -0.25) is 0 Å². The molecule has 2 rings (SSSR count).